The van der Waals surface area contributed by atoms with Gasteiger partial charge in [-0.2, -0.15) is 13.2 Å². The summed E-state index contributed by atoms with van der Waals surface area (Å²) in [4.78, 5) is 24.2. The first-order valence-electron chi connectivity index (χ1n) is 15.3. The molecule has 2 unspecified atom stereocenters. The molecule has 44 heavy (non-hydrogen) atoms. The van der Waals surface area contributed by atoms with Crippen molar-refractivity contribution in [3.8, 4) is 0 Å². The van der Waals surface area contributed by atoms with Crippen LogP contribution in [0.5, 0.6) is 0 Å². The Labute approximate surface area is 257 Å². The maximum Gasteiger partial charge on any atom is 0.416 e. The Balaban J connectivity index is 1.06. The number of benzene rings is 1. The Morgan fingerprint density at radius 1 is 1.09 bits per heavy atom. The number of piperazine rings is 1. The highest BCUT2D eigenvalue weighted by Crippen LogP contribution is 2.29. The van der Waals surface area contributed by atoms with Crippen LogP contribution < -0.4 is 16.4 Å². The second-order valence-corrected chi connectivity index (χ2v) is 11.6. The molecule has 3 aliphatic heterocycles. The molecule has 0 aromatic heterocycles. The summed E-state index contributed by atoms with van der Waals surface area (Å²) in [5.74, 6) is -0.0386. The average Bonchev–Trinajstić information content (AvgIpc) is 3.02. The van der Waals surface area contributed by atoms with Gasteiger partial charge in [-0.25, -0.2) is 0 Å². The van der Waals surface area contributed by atoms with E-state index in [2.05, 4.69) is 25.4 Å². The van der Waals surface area contributed by atoms with Gasteiger partial charge < -0.3 is 26.0 Å². The van der Waals surface area contributed by atoms with Crippen LogP contribution in [0.4, 0.5) is 13.2 Å². The first-order valence-corrected chi connectivity index (χ1v) is 15.3. The largest absolute Gasteiger partial charge is 0.416 e. The molecular formula is C32H42F3N7O2. The number of nitrogens with zero attached hydrogens (tertiary/aromatic N) is 4. The van der Waals surface area contributed by atoms with Gasteiger partial charge in [0.2, 0.25) is 0 Å². The number of amides is 1. The number of piperidine rings is 1. The first-order chi connectivity index (χ1) is 21.2. The number of ether oxygens (including phenoxy) is 1. The van der Waals surface area contributed by atoms with E-state index in [0.717, 1.165) is 61.4 Å². The monoisotopic (exact) mass is 613 g/mol. The lowest BCUT2D eigenvalue weighted by atomic mass is 9.97. The zero-order valence-corrected chi connectivity index (χ0v) is 25.1. The van der Waals surface area contributed by atoms with E-state index in [0.29, 0.717) is 50.9 Å². The summed E-state index contributed by atoms with van der Waals surface area (Å²) in [5, 5.41) is 6.75. The minimum Gasteiger partial charge on any atom is -0.388 e. The van der Waals surface area contributed by atoms with E-state index in [1.54, 1.807) is 12.3 Å². The van der Waals surface area contributed by atoms with Crippen LogP contribution in [0.3, 0.4) is 0 Å². The second-order valence-electron chi connectivity index (χ2n) is 11.6. The Morgan fingerprint density at radius 3 is 2.43 bits per heavy atom. The fourth-order valence-electron chi connectivity index (χ4n) is 5.74. The van der Waals surface area contributed by atoms with Crippen LogP contribution in [-0.4, -0.2) is 97.6 Å². The average molecular weight is 614 g/mol. The summed E-state index contributed by atoms with van der Waals surface area (Å²) >= 11 is 0. The molecule has 12 heteroatoms. The molecule has 1 aromatic rings. The molecule has 2 atom stereocenters. The number of halogens is 3. The predicted molar refractivity (Wildman–Crippen MR) is 164 cm³/mol. The van der Waals surface area contributed by atoms with Crippen molar-refractivity contribution in [2.45, 2.75) is 50.8 Å². The topological polar surface area (TPSA) is 98.5 Å². The van der Waals surface area contributed by atoms with Gasteiger partial charge in [0.15, 0.2) is 6.23 Å². The Bertz CT molecular complexity index is 1290. The van der Waals surface area contributed by atoms with Crippen molar-refractivity contribution in [2.24, 2.45) is 10.7 Å². The molecule has 0 spiro atoms. The fourth-order valence-corrected chi connectivity index (χ4v) is 5.74. The molecular weight excluding hydrogens is 571 g/mol. The van der Waals surface area contributed by atoms with Gasteiger partial charge in [-0.1, -0.05) is 24.3 Å². The lowest BCUT2D eigenvalue weighted by Gasteiger charge is -2.35. The van der Waals surface area contributed by atoms with Gasteiger partial charge in [-0.05, 0) is 49.1 Å². The quantitative estimate of drug-likeness (QED) is 0.394. The van der Waals surface area contributed by atoms with Gasteiger partial charge in [0.25, 0.3) is 5.91 Å². The SMILES string of the molecule is CCOC1C=NC(CN2CCC(N/C=C3/C=C(C(=O)N4CCN(Cc5ccc(C(F)(F)F)cc5)CC4)C=CC3N)CC2)=CN1. The predicted octanol–water partition coefficient (Wildman–Crippen LogP) is 2.99. The van der Waals surface area contributed by atoms with E-state index in [9.17, 15) is 18.0 Å². The summed E-state index contributed by atoms with van der Waals surface area (Å²) in [6.07, 6.45) is 8.71. The molecule has 238 valence electrons. The summed E-state index contributed by atoms with van der Waals surface area (Å²) in [6, 6.07) is 5.31. The summed E-state index contributed by atoms with van der Waals surface area (Å²) in [5.41, 5.74) is 8.99. The molecule has 0 bridgehead atoms. The van der Waals surface area contributed by atoms with Crippen LogP contribution in [0.2, 0.25) is 0 Å². The van der Waals surface area contributed by atoms with Crippen LogP contribution in [0.15, 0.2) is 76.7 Å². The maximum absolute atomic E-state index is 13.3. The molecule has 0 radical (unpaired) electrons. The van der Waals surface area contributed by atoms with Crippen LogP contribution in [0.25, 0.3) is 0 Å². The molecule has 4 aliphatic rings. The zero-order chi connectivity index (χ0) is 31.1. The molecule has 4 N–H and O–H groups in total. The number of rotatable bonds is 9. The van der Waals surface area contributed by atoms with Gasteiger partial charge in [0, 0.05) is 89.0 Å². The van der Waals surface area contributed by atoms with Gasteiger partial charge >= 0.3 is 6.18 Å². The molecule has 5 rings (SSSR count). The Hall–Kier alpha value is -3.45. The van der Waals surface area contributed by atoms with Gasteiger partial charge in [-0.3, -0.25) is 19.6 Å². The van der Waals surface area contributed by atoms with Crippen molar-refractivity contribution >= 4 is 12.1 Å². The van der Waals surface area contributed by atoms with E-state index in [-0.39, 0.29) is 18.2 Å². The van der Waals surface area contributed by atoms with Crippen LogP contribution in [-0.2, 0) is 22.3 Å². The second kappa shape index (κ2) is 14.6. The molecule has 0 saturated carbocycles. The third-order valence-corrected chi connectivity index (χ3v) is 8.38. The van der Waals surface area contributed by atoms with E-state index >= 15 is 0 Å². The number of carbonyl (C=O) groups is 1. The maximum atomic E-state index is 13.3. The number of likely N-dealkylation sites (tertiary alicyclic amines) is 1. The zero-order valence-electron chi connectivity index (χ0n) is 25.1. The highest BCUT2D eigenvalue weighted by atomic mass is 19.4. The van der Waals surface area contributed by atoms with Gasteiger partial charge in [-0.15, -0.1) is 0 Å². The lowest BCUT2D eigenvalue weighted by Crippen LogP contribution is -2.48. The van der Waals surface area contributed by atoms with Crippen molar-refractivity contribution in [3.63, 3.8) is 0 Å². The Morgan fingerprint density at radius 2 is 1.80 bits per heavy atom. The number of aliphatic imine (C=N–C) groups is 1. The number of carbonyl (C=O) groups excluding carboxylic acids is 1. The van der Waals surface area contributed by atoms with Crippen molar-refractivity contribution in [3.05, 3.63) is 82.9 Å². The van der Waals surface area contributed by atoms with Crippen molar-refractivity contribution in [2.75, 3.05) is 52.4 Å². The van der Waals surface area contributed by atoms with E-state index in [1.165, 1.54) is 12.1 Å². The normalized spacial score (nSPS) is 24.7. The minimum absolute atomic E-state index is 0.0386. The standard InChI is InChI=1S/C32H42F3N7O2/c1-2-44-30-20-38-28(19-39-30)22-40-11-9-27(10-12-40)37-18-25-17-24(5-8-29(25)36)31(43)42-15-13-41(14-16-42)21-23-3-6-26(7-4-23)32(33,34)35/h3-8,17-20,27,29-30,37,39H,2,9-16,21-22,36H2,1H3/b25-18-. The highest BCUT2D eigenvalue weighted by molar-refractivity contribution is 5.97. The number of alkyl halides is 3. The number of hydrogen-bond donors (Lipinski definition) is 3. The minimum atomic E-state index is -4.34. The van der Waals surface area contributed by atoms with Crippen LogP contribution in [0.1, 0.15) is 30.9 Å². The highest BCUT2D eigenvalue weighted by Gasteiger charge is 2.30. The molecule has 2 fully saturated rings. The lowest BCUT2D eigenvalue weighted by molar-refractivity contribution is -0.137. The van der Waals surface area contributed by atoms with Crippen LogP contribution >= 0.6 is 0 Å². The number of hydrogen-bond acceptors (Lipinski definition) is 8. The molecule has 3 heterocycles. The number of nitrogens with one attached hydrogen (secondary N) is 2. The van der Waals surface area contributed by atoms with Gasteiger partial charge in [0.1, 0.15) is 0 Å². The summed E-state index contributed by atoms with van der Waals surface area (Å²) in [7, 11) is 0. The van der Waals surface area contributed by atoms with Crippen molar-refractivity contribution < 1.29 is 22.7 Å². The van der Waals surface area contributed by atoms with Crippen molar-refractivity contribution in [1.29, 1.82) is 0 Å². The summed E-state index contributed by atoms with van der Waals surface area (Å²) in [6.45, 7) is 8.26. The van der Waals surface area contributed by atoms with E-state index < -0.39 is 11.7 Å². The first kappa shape index (κ1) is 32.0. The van der Waals surface area contributed by atoms with E-state index in [1.807, 2.05) is 36.4 Å². The van der Waals surface area contributed by atoms with Gasteiger partial charge in [0.05, 0.1) is 17.5 Å². The molecule has 1 aliphatic carbocycles. The fraction of sp³-hybridized carbons (Fsp3) is 0.500. The smallest absolute Gasteiger partial charge is 0.388 e. The summed E-state index contributed by atoms with van der Waals surface area (Å²) < 4.78 is 44.0. The van der Waals surface area contributed by atoms with E-state index in [4.69, 9.17) is 10.5 Å². The number of nitrogens with two attached hydrogens (primary N) is 1. The molecule has 2 saturated heterocycles. The third-order valence-electron chi connectivity index (χ3n) is 8.38. The molecule has 9 nitrogen and oxygen atoms in total. The Kier molecular flexibility index (Phi) is 10.6. The van der Waals surface area contributed by atoms with Crippen molar-refractivity contribution in [1.82, 2.24) is 25.3 Å². The van der Waals surface area contributed by atoms with Crippen LogP contribution in [0, 0.1) is 0 Å². The molecule has 1 aromatic carbocycles. The third kappa shape index (κ3) is 8.59. The molecule has 1 amide bonds.